The maximum atomic E-state index is 12.6. The number of phenols is 1. The predicted molar refractivity (Wildman–Crippen MR) is 115 cm³/mol. The molecular formula is C21H19ClN2O5S. The fourth-order valence-electron chi connectivity index (χ4n) is 2.80. The molecule has 0 aromatic heterocycles. The van der Waals surface area contributed by atoms with Crippen LogP contribution in [0.15, 0.2) is 53.4 Å². The van der Waals surface area contributed by atoms with Gasteiger partial charge in [0.2, 0.25) is 5.91 Å². The minimum absolute atomic E-state index is 0.0296. The van der Waals surface area contributed by atoms with E-state index in [1.165, 1.54) is 24.1 Å². The Labute approximate surface area is 182 Å². The third-order valence-electron chi connectivity index (χ3n) is 4.46. The first-order chi connectivity index (χ1) is 14.2. The van der Waals surface area contributed by atoms with Crippen molar-refractivity contribution in [3.05, 3.63) is 69.6 Å². The lowest BCUT2D eigenvalue weighted by atomic mass is 10.1. The number of aliphatic hydroxyl groups excluding tert-OH is 1. The van der Waals surface area contributed by atoms with E-state index in [2.05, 4.69) is 0 Å². The molecule has 1 saturated heterocycles. The van der Waals surface area contributed by atoms with Crippen molar-refractivity contribution in [1.82, 2.24) is 9.80 Å². The number of aliphatic hydroxyl groups is 1. The van der Waals surface area contributed by atoms with Gasteiger partial charge in [-0.15, -0.1) is 0 Å². The summed E-state index contributed by atoms with van der Waals surface area (Å²) in [5.41, 5.74) is 1.21. The number of carbonyl (C=O) groups is 3. The molecule has 30 heavy (non-hydrogen) atoms. The van der Waals surface area contributed by atoms with Crippen LogP contribution in [0.25, 0.3) is 6.08 Å². The van der Waals surface area contributed by atoms with E-state index in [4.69, 9.17) is 11.6 Å². The molecule has 0 bridgehead atoms. The van der Waals surface area contributed by atoms with Crippen molar-refractivity contribution in [3.63, 3.8) is 0 Å². The Morgan fingerprint density at radius 1 is 1.23 bits per heavy atom. The lowest BCUT2D eigenvalue weighted by molar-refractivity contribution is -0.135. The Hall–Kier alpha value is -2.81. The van der Waals surface area contributed by atoms with E-state index in [1.54, 1.807) is 42.5 Å². The molecule has 9 heteroatoms. The molecule has 0 saturated carbocycles. The average Bonchev–Trinajstić information content (AvgIpc) is 2.95. The van der Waals surface area contributed by atoms with E-state index < -0.39 is 29.7 Å². The number of likely N-dealkylation sites (N-methyl/N-ethyl adjacent to an activating group) is 1. The molecule has 0 spiro atoms. The Bertz CT molecular complexity index is 1010. The van der Waals surface area contributed by atoms with Gasteiger partial charge in [-0.2, -0.15) is 0 Å². The minimum atomic E-state index is -0.975. The molecule has 7 nitrogen and oxygen atoms in total. The highest BCUT2D eigenvalue weighted by Gasteiger charge is 2.37. The van der Waals surface area contributed by atoms with Gasteiger partial charge in [0.1, 0.15) is 12.3 Å². The number of hydrogen-bond donors (Lipinski definition) is 2. The summed E-state index contributed by atoms with van der Waals surface area (Å²) in [6.07, 6.45) is 0.580. The van der Waals surface area contributed by atoms with Crippen LogP contribution in [0.4, 0.5) is 4.79 Å². The van der Waals surface area contributed by atoms with Crippen molar-refractivity contribution >= 4 is 46.5 Å². The van der Waals surface area contributed by atoms with Crippen molar-refractivity contribution in [2.75, 3.05) is 20.1 Å². The molecule has 156 valence electrons. The van der Waals surface area contributed by atoms with E-state index >= 15 is 0 Å². The van der Waals surface area contributed by atoms with Crippen molar-refractivity contribution in [1.29, 1.82) is 0 Å². The maximum Gasteiger partial charge on any atom is 0.294 e. The van der Waals surface area contributed by atoms with E-state index in [9.17, 15) is 24.6 Å². The molecule has 2 N–H and O–H groups in total. The monoisotopic (exact) mass is 446 g/mol. The number of imide groups is 1. The zero-order valence-electron chi connectivity index (χ0n) is 16.0. The second-order valence-corrected chi connectivity index (χ2v) is 8.13. The zero-order chi connectivity index (χ0) is 21.8. The van der Waals surface area contributed by atoms with Gasteiger partial charge < -0.3 is 15.1 Å². The van der Waals surface area contributed by atoms with Crippen molar-refractivity contribution in [3.8, 4) is 5.75 Å². The maximum absolute atomic E-state index is 12.6. The lowest BCUT2D eigenvalue weighted by Gasteiger charge is -2.23. The molecule has 1 aliphatic heterocycles. The van der Waals surface area contributed by atoms with Gasteiger partial charge in [-0.3, -0.25) is 19.3 Å². The number of nitrogens with zero attached hydrogens (tertiary/aromatic N) is 2. The topological polar surface area (TPSA) is 98.2 Å². The SMILES string of the molecule is CN(CC(O)c1ccc(O)cc1)C(=O)CN1C(=O)SC(=Cc2cccc(Cl)c2)C1=O. The van der Waals surface area contributed by atoms with Crippen molar-refractivity contribution in [2.24, 2.45) is 0 Å². The first kappa shape index (κ1) is 21.9. The molecule has 0 radical (unpaired) electrons. The van der Waals surface area contributed by atoms with Crippen LogP contribution < -0.4 is 0 Å². The van der Waals surface area contributed by atoms with Crippen LogP contribution in [-0.4, -0.2) is 57.2 Å². The fourth-order valence-corrected chi connectivity index (χ4v) is 3.84. The highest BCUT2D eigenvalue weighted by atomic mass is 35.5. The highest BCUT2D eigenvalue weighted by Crippen LogP contribution is 2.32. The third-order valence-corrected chi connectivity index (χ3v) is 5.61. The van der Waals surface area contributed by atoms with Gasteiger partial charge in [-0.1, -0.05) is 35.9 Å². The van der Waals surface area contributed by atoms with Crippen LogP contribution in [0.1, 0.15) is 17.2 Å². The predicted octanol–water partition coefficient (Wildman–Crippen LogP) is 3.27. The van der Waals surface area contributed by atoms with Crippen LogP contribution in [0, 0.1) is 0 Å². The molecule has 1 fully saturated rings. The van der Waals surface area contributed by atoms with Crippen molar-refractivity contribution in [2.45, 2.75) is 6.10 Å². The normalized spacial score (nSPS) is 16.2. The Kier molecular flexibility index (Phi) is 6.81. The van der Waals surface area contributed by atoms with Crippen molar-refractivity contribution < 1.29 is 24.6 Å². The van der Waals surface area contributed by atoms with Crippen LogP contribution >= 0.6 is 23.4 Å². The molecule has 1 atom stereocenters. The van der Waals surface area contributed by atoms with Gasteiger partial charge in [0.15, 0.2) is 0 Å². The Morgan fingerprint density at radius 2 is 1.93 bits per heavy atom. The number of amides is 3. The summed E-state index contributed by atoms with van der Waals surface area (Å²) in [6.45, 7) is -0.450. The zero-order valence-corrected chi connectivity index (χ0v) is 17.6. The van der Waals surface area contributed by atoms with Gasteiger partial charge in [0.25, 0.3) is 11.1 Å². The summed E-state index contributed by atoms with van der Waals surface area (Å²) >= 11 is 6.70. The van der Waals surface area contributed by atoms with E-state index in [1.807, 2.05) is 0 Å². The second-order valence-electron chi connectivity index (χ2n) is 6.70. The molecule has 3 rings (SSSR count). The van der Waals surface area contributed by atoms with Gasteiger partial charge >= 0.3 is 0 Å². The summed E-state index contributed by atoms with van der Waals surface area (Å²) in [4.78, 5) is 39.7. The number of hydrogen-bond acceptors (Lipinski definition) is 6. The van der Waals surface area contributed by atoms with Crippen LogP contribution in [-0.2, 0) is 9.59 Å². The summed E-state index contributed by atoms with van der Waals surface area (Å²) in [6, 6.07) is 12.8. The largest absolute Gasteiger partial charge is 0.508 e. The number of aromatic hydroxyl groups is 1. The van der Waals surface area contributed by atoms with Gasteiger partial charge in [-0.05, 0) is 53.2 Å². The number of rotatable bonds is 6. The molecule has 0 aliphatic carbocycles. The van der Waals surface area contributed by atoms with Gasteiger partial charge in [0, 0.05) is 12.1 Å². The number of benzene rings is 2. The van der Waals surface area contributed by atoms with E-state index in [-0.39, 0.29) is 17.2 Å². The summed E-state index contributed by atoms with van der Waals surface area (Å²) in [7, 11) is 1.48. The molecule has 2 aromatic carbocycles. The van der Waals surface area contributed by atoms with Crippen LogP contribution in [0.5, 0.6) is 5.75 Å². The Morgan fingerprint density at radius 3 is 2.60 bits per heavy atom. The quantitative estimate of drug-likeness (QED) is 0.661. The number of halogens is 1. The molecule has 1 heterocycles. The van der Waals surface area contributed by atoms with E-state index in [0.29, 0.717) is 16.1 Å². The number of phenolic OH excluding ortho intramolecular Hbond substituents is 1. The first-order valence-corrected chi connectivity index (χ1v) is 10.2. The van der Waals surface area contributed by atoms with Gasteiger partial charge in [-0.25, -0.2) is 0 Å². The average molecular weight is 447 g/mol. The second kappa shape index (κ2) is 9.34. The summed E-state index contributed by atoms with van der Waals surface area (Å²) in [5, 5.41) is 19.6. The summed E-state index contributed by atoms with van der Waals surface area (Å²) in [5.74, 6) is -0.967. The minimum Gasteiger partial charge on any atom is -0.508 e. The Balaban J connectivity index is 1.63. The molecule has 1 unspecified atom stereocenters. The highest BCUT2D eigenvalue weighted by molar-refractivity contribution is 8.18. The number of thioether (sulfide) groups is 1. The molecule has 3 amide bonds. The number of carbonyl (C=O) groups excluding carboxylic acids is 3. The summed E-state index contributed by atoms with van der Waals surface area (Å²) < 4.78 is 0. The first-order valence-electron chi connectivity index (χ1n) is 8.96. The molecule has 1 aliphatic rings. The molecule has 2 aromatic rings. The van der Waals surface area contributed by atoms with Crippen LogP contribution in [0.3, 0.4) is 0 Å². The van der Waals surface area contributed by atoms with E-state index in [0.717, 1.165) is 16.7 Å². The molecular weight excluding hydrogens is 428 g/mol. The van der Waals surface area contributed by atoms with Crippen LogP contribution in [0.2, 0.25) is 5.02 Å². The fraction of sp³-hybridized carbons (Fsp3) is 0.190. The lowest BCUT2D eigenvalue weighted by Crippen LogP contribution is -2.41. The standard InChI is InChI=1S/C21H19ClN2O5S/c1-23(11-17(26)14-5-7-16(25)8-6-14)19(27)12-24-20(28)18(30-21(24)29)10-13-3-2-4-15(22)9-13/h2-10,17,25-26H,11-12H2,1H3. The third kappa shape index (κ3) is 5.21. The smallest absolute Gasteiger partial charge is 0.294 e. The van der Waals surface area contributed by atoms with Gasteiger partial charge in [0.05, 0.1) is 17.6 Å².